The number of ether oxygens (including phenoxy) is 1. The number of carboxylic acid groups (broad SMARTS) is 1. The summed E-state index contributed by atoms with van der Waals surface area (Å²) in [5.74, 6) is -0.753. The fourth-order valence-corrected chi connectivity index (χ4v) is 3.86. The van der Waals surface area contributed by atoms with Gasteiger partial charge in [0.1, 0.15) is 22.0 Å². The van der Waals surface area contributed by atoms with E-state index in [1.54, 1.807) is 40.7 Å². The van der Waals surface area contributed by atoms with Crippen molar-refractivity contribution in [3.63, 3.8) is 0 Å². The second-order valence-electron chi connectivity index (χ2n) is 6.21. The molecule has 0 unspecified atom stereocenters. The predicted octanol–water partition coefficient (Wildman–Crippen LogP) is 4.12. The minimum atomic E-state index is -0.963. The molecular weight excluding hydrogens is 395 g/mol. The molecule has 0 aliphatic heterocycles. The Labute approximate surface area is 169 Å². The van der Waals surface area contributed by atoms with Gasteiger partial charge in [-0.15, -0.1) is 11.3 Å². The van der Waals surface area contributed by atoms with E-state index in [9.17, 15) is 9.18 Å². The number of thiophene rings is 1. The third kappa shape index (κ3) is 3.64. The van der Waals surface area contributed by atoms with Crippen molar-refractivity contribution in [2.24, 2.45) is 0 Å². The quantitative estimate of drug-likeness (QED) is 0.475. The van der Waals surface area contributed by atoms with Crippen LogP contribution in [0.5, 0.6) is 5.75 Å². The first-order valence-corrected chi connectivity index (χ1v) is 9.65. The van der Waals surface area contributed by atoms with Crippen LogP contribution >= 0.6 is 11.3 Å². The van der Waals surface area contributed by atoms with Crippen LogP contribution in [-0.2, 0) is 6.54 Å². The topological polar surface area (TPSA) is 89.3 Å². The number of rotatable bonds is 7. The van der Waals surface area contributed by atoms with E-state index >= 15 is 0 Å². The maximum Gasteiger partial charge on any atom is 0.345 e. The standard InChI is InChI=1S/C20H17FN4O3S/c1-28-16-5-4-14(21)19-13(16)10-24-25(19)8-7-22-15-3-2-6-23-18(15)12-9-17(20(26)27)29-11-12/h2-6,9-11,22H,7-8H2,1H3,(H,26,27). The van der Waals surface area contributed by atoms with Gasteiger partial charge in [-0.1, -0.05) is 0 Å². The summed E-state index contributed by atoms with van der Waals surface area (Å²) in [6.07, 6.45) is 3.24. The lowest BCUT2D eigenvalue weighted by atomic mass is 10.1. The SMILES string of the molecule is COc1ccc(F)c2c1cnn2CCNc1cccnc1-c1csc(C(=O)O)c1. The largest absolute Gasteiger partial charge is 0.496 e. The summed E-state index contributed by atoms with van der Waals surface area (Å²) >= 11 is 1.15. The van der Waals surface area contributed by atoms with Crippen LogP contribution in [0, 0.1) is 5.82 Å². The molecular formula is C20H17FN4O3S. The third-order valence-corrected chi connectivity index (χ3v) is 5.38. The average molecular weight is 412 g/mol. The number of pyridine rings is 1. The second kappa shape index (κ2) is 7.88. The molecule has 0 radical (unpaired) electrons. The second-order valence-corrected chi connectivity index (χ2v) is 7.12. The first-order valence-electron chi connectivity index (χ1n) is 8.77. The molecule has 29 heavy (non-hydrogen) atoms. The van der Waals surface area contributed by atoms with Crippen LogP contribution in [0.25, 0.3) is 22.2 Å². The first-order chi connectivity index (χ1) is 14.1. The van der Waals surface area contributed by atoms with Crippen molar-refractivity contribution in [1.82, 2.24) is 14.8 Å². The molecule has 0 aliphatic carbocycles. The summed E-state index contributed by atoms with van der Waals surface area (Å²) in [4.78, 5) is 15.8. The lowest BCUT2D eigenvalue weighted by Gasteiger charge is -2.11. The Morgan fingerprint density at radius 1 is 1.38 bits per heavy atom. The number of aromatic carboxylic acids is 1. The molecule has 148 valence electrons. The van der Waals surface area contributed by atoms with E-state index < -0.39 is 5.97 Å². The summed E-state index contributed by atoms with van der Waals surface area (Å²) in [6, 6.07) is 8.21. The van der Waals surface area contributed by atoms with Gasteiger partial charge in [-0.3, -0.25) is 9.67 Å². The Morgan fingerprint density at radius 2 is 2.24 bits per heavy atom. The molecule has 0 saturated carbocycles. The summed E-state index contributed by atoms with van der Waals surface area (Å²) in [5, 5.41) is 19.1. The molecule has 7 nitrogen and oxygen atoms in total. The van der Waals surface area contributed by atoms with Crippen molar-refractivity contribution in [3.05, 3.63) is 58.8 Å². The Morgan fingerprint density at radius 3 is 3.00 bits per heavy atom. The van der Waals surface area contributed by atoms with Gasteiger partial charge in [0.25, 0.3) is 0 Å². The van der Waals surface area contributed by atoms with Gasteiger partial charge in [0, 0.05) is 23.7 Å². The molecule has 4 rings (SSSR count). The van der Waals surface area contributed by atoms with E-state index in [-0.39, 0.29) is 10.7 Å². The number of benzene rings is 1. The van der Waals surface area contributed by atoms with Crippen LogP contribution in [0.1, 0.15) is 9.67 Å². The highest BCUT2D eigenvalue weighted by Crippen LogP contribution is 2.30. The molecule has 0 bridgehead atoms. The van der Waals surface area contributed by atoms with E-state index in [1.165, 1.54) is 13.2 Å². The van der Waals surface area contributed by atoms with Gasteiger partial charge >= 0.3 is 5.97 Å². The number of hydrogen-bond acceptors (Lipinski definition) is 6. The number of carbonyl (C=O) groups is 1. The van der Waals surface area contributed by atoms with Crippen LogP contribution in [0.4, 0.5) is 10.1 Å². The minimum absolute atomic E-state index is 0.254. The predicted molar refractivity (Wildman–Crippen MR) is 109 cm³/mol. The Bertz CT molecular complexity index is 1190. The van der Waals surface area contributed by atoms with Crippen molar-refractivity contribution in [2.45, 2.75) is 6.54 Å². The van der Waals surface area contributed by atoms with Crippen LogP contribution in [0.2, 0.25) is 0 Å². The zero-order chi connectivity index (χ0) is 20.4. The van der Waals surface area contributed by atoms with E-state index in [4.69, 9.17) is 9.84 Å². The lowest BCUT2D eigenvalue weighted by molar-refractivity contribution is 0.0702. The van der Waals surface area contributed by atoms with E-state index in [1.807, 2.05) is 6.07 Å². The van der Waals surface area contributed by atoms with Gasteiger partial charge in [-0.2, -0.15) is 5.10 Å². The number of nitrogens with zero attached hydrogens (tertiary/aromatic N) is 3. The smallest absolute Gasteiger partial charge is 0.345 e. The molecule has 3 heterocycles. The van der Waals surface area contributed by atoms with Crippen LogP contribution < -0.4 is 10.1 Å². The summed E-state index contributed by atoms with van der Waals surface area (Å²) in [7, 11) is 1.54. The first kappa shape index (κ1) is 18.9. The molecule has 0 saturated heterocycles. The Balaban J connectivity index is 1.54. The molecule has 9 heteroatoms. The third-order valence-electron chi connectivity index (χ3n) is 4.46. The molecule has 0 atom stereocenters. The monoisotopic (exact) mass is 412 g/mol. The number of halogens is 1. The maximum absolute atomic E-state index is 14.3. The maximum atomic E-state index is 14.3. The molecule has 0 fully saturated rings. The van der Waals surface area contributed by atoms with Gasteiger partial charge in [0.2, 0.25) is 0 Å². The van der Waals surface area contributed by atoms with Gasteiger partial charge in [0.15, 0.2) is 0 Å². The van der Waals surface area contributed by atoms with Crippen molar-refractivity contribution in [2.75, 3.05) is 19.0 Å². The zero-order valence-corrected chi connectivity index (χ0v) is 16.2. The van der Waals surface area contributed by atoms with Crippen LogP contribution in [0.3, 0.4) is 0 Å². The van der Waals surface area contributed by atoms with Crippen molar-refractivity contribution >= 4 is 33.9 Å². The minimum Gasteiger partial charge on any atom is -0.496 e. The molecule has 0 aliphatic rings. The highest BCUT2D eigenvalue weighted by Gasteiger charge is 2.14. The Hall–Kier alpha value is -3.46. The number of nitrogens with one attached hydrogen (secondary N) is 1. The van der Waals surface area contributed by atoms with Crippen molar-refractivity contribution < 1.29 is 19.0 Å². The number of anilines is 1. The van der Waals surface area contributed by atoms with Gasteiger partial charge < -0.3 is 15.2 Å². The van der Waals surface area contributed by atoms with Crippen molar-refractivity contribution in [1.29, 1.82) is 0 Å². The number of methoxy groups -OCH3 is 1. The zero-order valence-electron chi connectivity index (χ0n) is 15.4. The molecule has 2 N–H and O–H groups in total. The number of hydrogen-bond donors (Lipinski definition) is 2. The summed E-state index contributed by atoms with van der Waals surface area (Å²) in [5.41, 5.74) is 2.54. The molecule has 0 amide bonds. The normalized spacial score (nSPS) is 11.0. The van der Waals surface area contributed by atoms with Gasteiger partial charge in [-0.05, 0) is 30.3 Å². The van der Waals surface area contributed by atoms with Crippen LogP contribution in [0.15, 0.2) is 48.1 Å². The fraction of sp³-hybridized carbons (Fsp3) is 0.150. The molecule has 1 aromatic carbocycles. The summed E-state index contributed by atoms with van der Waals surface area (Å²) < 4.78 is 21.2. The number of carboxylic acids is 1. The van der Waals surface area contributed by atoms with Crippen LogP contribution in [-0.4, -0.2) is 39.5 Å². The van der Waals surface area contributed by atoms with Gasteiger partial charge in [-0.25, -0.2) is 9.18 Å². The molecule has 3 aromatic heterocycles. The van der Waals surface area contributed by atoms with Crippen molar-refractivity contribution in [3.8, 4) is 17.0 Å². The van der Waals surface area contributed by atoms with E-state index in [2.05, 4.69) is 15.4 Å². The van der Waals surface area contributed by atoms with E-state index in [0.717, 1.165) is 22.6 Å². The Kier molecular flexibility index (Phi) is 5.13. The average Bonchev–Trinajstić information content (AvgIpc) is 3.37. The molecule has 4 aromatic rings. The number of aromatic nitrogens is 3. The number of fused-ring (bicyclic) bond motifs is 1. The molecule has 0 spiro atoms. The van der Waals surface area contributed by atoms with E-state index in [0.29, 0.717) is 35.4 Å². The highest BCUT2D eigenvalue weighted by atomic mass is 32.1. The lowest BCUT2D eigenvalue weighted by Crippen LogP contribution is -2.12. The summed E-state index contributed by atoms with van der Waals surface area (Å²) in [6.45, 7) is 0.897. The highest BCUT2D eigenvalue weighted by molar-refractivity contribution is 7.12. The van der Waals surface area contributed by atoms with Gasteiger partial charge in [0.05, 0.1) is 36.6 Å². The fourth-order valence-electron chi connectivity index (χ4n) is 3.13.